The Labute approximate surface area is 178 Å². The number of amides is 1. The largest absolute Gasteiger partial charge is 0.351 e. The minimum atomic E-state index is -0.0552. The minimum absolute atomic E-state index is 0.0552. The molecule has 156 valence electrons. The average molecular weight is 403 g/mol. The number of nitrogens with zero attached hydrogens (tertiary/aromatic N) is 3. The maximum atomic E-state index is 12.9. The number of likely N-dealkylation sites (N-methyl/N-ethyl adjacent to an activating group) is 1. The molecule has 5 heteroatoms. The Morgan fingerprint density at radius 1 is 1.00 bits per heavy atom. The van der Waals surface area contributed by atoms with Crippen molar-refractivity contribution in [1.82, 2.24) is 20.1 Å². The number of nitrogens with one attached hydrogen (secondary N) is 1. The van der Waals surface area contributed by atoms with Crippen molar-refractivity contribution in [3.05, 3.63) is 65.4 Å². The van der Waals surface area contributed by atoms with Gasteiger partial charge in [-0.3, -0.25) is 14.7 Å². The topological polar surface area (TPSA) is 48.5 Å². The highest BCUT2D eigenvalue weighted by Crippen LogP contribution is 2.31. The van der Waals surface area contributed by atoms with Gasteiger partial charge in [0, 0.05) is 56.4 Å². The summed E-state index contributed by atoms with van der Waals surface area (Å²) in [4.78, 5) is 22.4. The number of hydrogen-bond donors (Lipinski definition) is 1. The van der Waals surface area contributed by atoms with Gasteiger partial charge in [0.2, 0.25) is 0 Å². The summed E-state index contributed by atoms with van der Waals surface area (Å²) in [6, 6.07) is 14.3. The summed E-state index contributed by atoms with van der Waals surface area (Å²) in [5.74, 6) is -0.0552. The lowest BCUT2D eigenvalue weighted by molar-refractivity contribution is 0.0942. The molecule has 4 rings (SSSR count). The number of aromatic nitrogens is 1. The molecule has 5 nitrogen and oxygen atoms in total. The van der Waals surface area contributed by atoms with Crippen molar-refractivity contribution in [2.45, 2.75) is 13.8 Å². The third kappa shape index (κ3) is 4.23. The third-order valence-corrected chi connectivity index (χ3v) is 6.21. The van der Waals surface area contributed by atoms with E-state index in [0.29, 0.717) is 12.1 Å². The molecule has 1 N–H and O–H groups in total. The number of pyridine rings is 1. The number of carbonyl (C=O) groups is 1. The van der Waals surface area contributed by atoms with E-state index in [4.69, 9.17) is 4.98 Å². The first-order valence-electron chi connectivity index (χ1n) is 10.7. The maximum Gasteiger partial charge on any atom is 0.253 e. The van der Waals surface area contributed by atoms with Crippen LogP contribution in [0.2, 0.25) is 0 Å². The van der Waals surface area contributed by atoms with E-state index in [-0.39, 0.29) is 5.91 Å². The number of piperazine rings is 1. The Balaban J connectivity index is 1.55. The number of fused-ring (bicyclic) bond motifs is 1. The molecule has 1 amide bonds. The van der Waals surface area contributed by atoms with Crippen LogP contribution in [0.25, 0.3) is 22.0 Å². The van der Waals surface area contributed by atoms with Crippen LogP contribution in [0.5, 0.6) is 0 Å². The van der Waals surface area contributed by atoms with Crippen LogP contribution in [0, 0.1) is 13.8 Å². The monoisotopic (exact) mass is 402 g/mol. The zero-order chi connectivity index (χ0) is 21.1. The molecule has 0 saturated carbocycles. The first-order chi connectivity index (χ1) is 14.5. The highest BCUT2D eigenvalue weighted by Gasteiger charge is 2.17. The summed E-state index contributed by atoms with van der Waals surface area (Å²) in [7, 11) is 2.15. The molecule has 1 aliphatic heterocycles. The molecule has 30 heavy (non-hydrogen) atoms. The van der Waals surface area contributed by atoms with E-state index in [1.165, 1.54) is 11.1 Å². The molecule has 1 aromatic heterocycles. The van der Waals surface area contributed by atoms with Gasteiger partial charge in [-0.15, -0.1) is 0 Å². The summed E-state index contributed by atoms with van der Waals surface area (Å²) < 4.78 is 0. The first kappa shape index (κ1) is 20.5. The van der Waals surface area contributed by atoms with Crippen LogP contribution in [-0.4, -0.2) is 67.0 Å². The smallest absolute Gasteiger partial charge is 0.253 e. The summed E-state index contributed by atoms with van der Waals surface area (Å²) >= 11 is 0. The fourth-order valence-corrected chi connectivity index (χ4v) is 4.09. The van der Waals surface area contributed by atoms with Crippen LogP contribution in [0.15, 0.2) is 48.7 Å². The number of aryl methyl sites for hydroxylation is 1. The Hall–Kier alpha value is -2.76. The lowest BCUT2D eigenvalue weighted by Gasteiger charge is -2.32. The van der Waals surface area contributed by atoms with Crippen molar-refractivity contribution >= 4 is 16.7 Å². The van der Waals surface area contributed by atoms with Crippen LogP contribution in [0.1, 0.15) is 21.5 Å². The predicted molar refractivity (Wildman–Crippen MR) is 123 cm³/mol. The van der Waals surface area contributed by atoms with E-state index in [0.717, 1.165) is 54.8 Å². The van der Waals surface area contributed by atoms with Crippen molar-refractivity contribution in [3.8, 4) is 11.3 Å². The van der Waals surface area contributed by atoms with Gasteiger partial charge in [-0.25, -0.2) is 0 Å². The van der Waals surface area contributed by atoms with Crippen LogP contribution in [-0.2, 0) is 0 Å². The summed E-state index contributed by atoms with van der Waals surface area (Å²) in [5, 5.41) is 5.05. The molecule has 0 aliphatic carbocycles. The Morgan fingerprint density at radius 2 is 1.73 bits per heavy atom. The van der Waals surface area contributed by atoms with Gasteiger partial charge in [-0.1, -0.05) is 42.5 Å². The second-order valence-corrected chi connectivity index (χ2v) is 8.21. The molecule has 0 radical (unpaired) electrons. The fraction of sp³-hybridized carbons (Fsp3) is 0.360. The second kappa shape index (κ2) is 8.94. The number of rotatable bonds is 5. The van der Waals surface area contributed by atoms with Gasteiger partial charge in [0.1, 0.15) is 0 Å². The summed E-state index contributed by atoms with van der Waals surface area (Å²) in [6.07, 6.45) is 1.73. The zero-order valence-corrected chi connectivity index (χ0v) is 18.1. The molecule has 1 saturated heterocycles. The Kier molecular flexibility index (Phi) is 6.11. The Morgan fingerprint density at radius 3 is 2.50 bits per heavy atom. The quantitative estimate of drug-likeness (QED) is 0.710. The van der Waals surface area contributed by atoms with Crippen molar-refractivity contribution in [1.29, 1.82) is 0 Å². The molecular formula is C25H30N4O. The van der Waals surface area contributed by atoms with E-state index in [1.807, 2.05) is 18.2 Å². The number of benzene rings is 2. The normalized spacial score (nSPS) is 15.4. The molecule has 3 aromatic rings. The second-order valence-electron chi connectivity index (χ2n) is 8.21. The molecule has 0 unspecified atom stereocenters. The van der Waals surface area contributed by atoms with Gasteiger partial charge in [-0.05, 0) is 37.4 Å². The van der Waals surface area contributed by atoms with Gasteiger partial charge < -0.3 is 10.2 Å². The van der Waals surface area contributed by atoms with Crippen molar-refractivity contribution in [3.63, 3.8) is 0 Å². The third-order valence-electron chi connectivity index (χ3n) is 6.21. The Bertz CT molecular complexity index is 1050. The van der Waals surface area contributed by atoms with Gasteiger partial charge in [0.05, 0.1) is 11.3 Å². The molecule has 0 spiro atoms. The van der Waals surface area contributed by atoms with Crippen LogP contribution >= 0.6 is 0 Å². The molecule has 0 bridgehead atoms. The molecule has 0 atom stereocenters. The summed E-state index contributed by atoms with van der Waals surface area (Å²) in [5.41, 5.74) is 5.15. The van der Waals surface area contributed by atoms with Gasteiger partial charge in [-0.2, -0.15) is 0 Å². The maximum absolute atomic E-state index is 12.9. The average Bonchev–Trinajstić information content (AvgIpc) is 2.76. The number of carbonyl (C=O) groups excluding carboxylic acids is 1. The van der Waals surface area contributed by atoms with Crippen LogP contribution in [0.3, 0.4) is 0 Å². The highest BCUT2D eigenvalue weighted by molar-refractivity contribution is 6.09. The molecule has 2 aromatic carbocycles. The molecule has 1 aliphatic rings. The van der Waals surface area contributed by atoms with Crippen LogP contribution in [0.4, 0.5) is 0 Å². The van der Waals surface area contributed by atoms with Crippen LogP contribution < -0.4 is 5.32 Å². The van der Waals surface area contributed by atoms with E-state index in [1.54, 1.807) is 6.20 Å². The van der Waals surface area contributed by atoms with Gasteiger partial charge in [0.25, 0.3) is 5.91 Å². The standard InChI is InChI=1S/C25H30N4O/c1-18-7-6-10-20(19(18)2)24-22-9-5-4-8-21(22)23(17-27-24)25(30)26-11-12-29-15-13-28(3)14-16-29/h4-10,17H,11-16H2,1-3H3,(H,26,30). The summed E-state index contributed by atoms with van der Waals surface area (Å²) in [6.45, 7) is 10.1. The van der Waals surface area contributed by atoms with Crippen molar-refractivity contribution in [2.24, 2.45) is 0 Å². The molecule has 1 fully saturated rings. The lowest BCUT2D eigenvalue weighted by Crippen LogP contribution is -2.46. The SMILES string of the molecule is Cc1cccc(-c2ncc(C(=O)NCCN3CCN(C)CC3)c3ccccc23)c1C. The van der Waals surface area contributed by atoms with Gasteiger partial charge >= 0.3 is 0 Å². The lowest BCUT2D eigenvalue weighted by atomic mass is 9.95. The van der Waals surface area contributed by atoms with Gasteiger partial charge in [0.15, 0.2) is 0 Å². The predicted octanol–water partition coefficient (Wildman–Crippen LogP) is 3.50. The molecular weight excluding hydrogens is 372 g/mol. The first-order valence-corrected chi connectivity index (χ1v) is 10.7. The van der Waals surface area contributed by atoms with E-state index >= 15 is 0 Å². The van der Waals surface area contributed by atoms with Crippen molar-refractivity contribution < 1.29 is 4.79 Å². The minimum Gasteiger partial charge on any atom is -0.351 e. The van der Waals surface area contributed by atoms with Crippen molar-refractivity contribution in [2.75, 3.05) is 46.3 Å². The fourth-order valence-electron chi connectivity index (χ4n) is 4.09. The van der Waals surface area contributed by atoms with E-state index in [9.17, 15) is 4.79 Å². The number of hydrogen-bond acceptors (Lipinski definition) is 4. The molecule has 2 heterocycles. The van der Waals surface area contributed by atoms with E-state index < -0.39 is 0 Å². The van der Waals surface area contributed by atoms with E-state index in [2.05, 4.69) is 60.3 Å². The highest BCUT2D eigenvalue weighted by atomic mass is 16.1. The zero-order valence-electron chi connectivity index (χ0n) is 18.1.